The first-order valence-corrected chi connectivity index (χ1v) is 7.99. The van der Waals surface area contributed by atoms with Crippen molar-refractivity contribution in [3.63, 3.8) is 0 Å². The highest BCUT2D eigenvalue weighted by atomic mass is 16.1. The van der Waals surface area contributed by atoms with Crippen molar-refractivity contribution in [1.29, 1.82) is 0 Å². The number of nitrogens with one attached hydrogen (secondary N) is 2. The maximum atomic E-state index is 11.7. The minimum atomic E-state index is 0.658. The van der Waals surface area contributed by atoms with Gasteiger partial charge in [-0.25, -0.2) is 0 Å². The zero-order valence-electron chi connectivity index (χ0n) is 15.1. The normalized spacial score (nSPS) is 11.9. The van der Waals surface area contributed by atoms with Crippen molar-refractivity contribution in [2.75, 3.05) is 12.4 Å². The van der Waals surface area contributed by atoms with E-state index in [1.54, 1.807) is 0 Å². The van der Waals surface area contributed by atoms with Gasteiger partial charge in [-0.3, -0.25) is 4.79 Å². The summed E-state index contributed by atoms with van der Waals surface area (Å²) in [6, 6.07) is 6.06. The van der Waals surface area contributed by atoms with E-state index in [1.165, 1.54) is 0 Å². The predicted molar refractivity (Wildman–Crippen MR) is 100 cm³/mol. The van der Waals surface area contributed by atoms with Gasteiger partial charge in [0.1, 0.15) is 0 Å². The summed E-state index contributed by atoms with van der Waals surface area (Å²) < 4.78 is 0. The second-order valence-corrected chi connectivity index (χ2v) is 5.85. The van der Waals surface area contributed by atoms with Crippen LogP contribution in [0.15, 0.2) is 47.3 Å². The van der Waals surface area contributed by atoms with Crippen molar-refractivity contribution in [3.05, 3.63) is 58.4 Å². The van der Waals surface area contributed by atoms with Gasteiger partial charge in [0.15, 0.2) is 6.29 Å². The molecule has 1 rings (SSSR count). The predicted octanol–water partition coefficient (Wildman–Crippen LogP) is 4.82. The molecule has 0 radical (unpaired) electrons. The summed E-state index contributed by atoms with van der Waals surface area (Å²) in [6.07, 6.45) is 5.94. The first kappa shape index (κ1) is 18.8. The molecular weight excluding hydrogens is 284 g/mol. The second-order valence-electron chi connectivity index (χ2n) is 5.85. The average molecular weight is 312 g/mol. The van der Waals surface area contributed by atoms with E-state index in [4.69, 9.17) is 0 Å². The van der Waals surface area contributed by atoms with Crippen LogP contribution in [0.25, 0.3) is 5.57 Å². The Hall–Kier alpha value is -2.29. The molecule has 0 fully saturated rings. The first-order chi connectivity index (χ1) is 10.9. The van der Waals surface area contributed by atoms with E-state index in [1.807, 2.05) is 59.0 Å². The highest BCUT2D eigenvalue weighted by molar-refractivity contribution is 6.10. The number of allylic oxidation sites excluding steroid dienone is 5. The molecule has 0 bridgehead atoms. The van der Waals surface area contributed by atoms with Gasteiger partial charge in [0, 0.05) is 35.3 Å². The number of anilines is 1. The Labute approximate surface area is 140 Å². The van der Waals surface area contributed by atoms with E-state index in [0.29, 0.717) is 5.57 Å². The number of rotatable bonds is 7. The van der Waals surface area contributed by atoms with Crippen LogP contribution in [0.3, 0.4) is 0 Å². The molecular formula is C20H28N2O. The van der Waals surface area contributed by atoms with Crippen LogP contribution in [0.4, 0.5) is 5.69 Å². The quantitative estimate of drug-likeness (QED) is 0.431. The highest BCUT2D eigenvalue weighted by Gasteiger charge is 2.09. The number of hydrogen-bond donors (Lipinski definition) is 2. The number of aldehydes is 1. The molecule has 23 heavy (non-hydrogen) atoms. The van der Waals surface area contributed by atoms with Crippen LogP contribution in [-0.2, 0) is 4.79 Å². The van der Waals surface area contributed by atoms with Crippen molar-refractivity contribution in [3.8, 4) is 0 Å². The highest BCUT2D eigenvalue weighted by Crippen LogP contribution is 2.25. The molecule has 0 saturated heterocycles. The molecule has 0 spiro atoms. The van der Waals surface area contributed by atoms with Crippen molar-refractivity contribution >= 4 is 17.5 Å². The second kappa shape index (κ2) is 8.99. The van der Waals surface area contributed by atoms with Crippen LogP contribution in [0, 0.1) is 6.92 Å². The average Bonchev–Trinajstić information content (AvgIpc) is 2.51. The van der Waals surface area contributed by atoms with Gasteiger partial charge in [-0.1, -0.05) is 30.2 Å². The molecule has 0 atom stereocenters. The molecule has 1 aromatic carbocycles. The molecule has 0 aliphatic heterocycles. The fourth-order valence-corrected chi connectivity index (χ4v) is 2.32. The standard InChI is InChI=1S/C20H28N2O/c1-7-8-16(5)22-20(14(2)3)12-17(13-23)18-11-15(4)9-10-19(18)21-6/h8-13,21-22H,7H2,1-6H3/b16-8+,17-12+. The molecule has 124 valence electrons. The minimum Gasteiger partial charge on any atom is -0.388 e. The Morgan fingerprint density at radius 2 is 1.91 bits per heavy atom. The van der Waals surface area contributed by atoms with Crippen molar-refractivity contribution < 1.29 is 4.79 Å². The number of hydrogen-bond acceptors (Lipinski definition) is 3. The van der Waals surface area contributed by atoms with Gasteiger partial charge >= 0.3 is 0 Å². The van der Waals surface area contributed by atoms with E-state index in [2.05, 4.69) is 23.6 Å². The Balaban J connectivity index is 3.34. The molecule has 0 unspecified atom stereocenters. The number of carbonyl (C=O) groups is 1. The summed E-state index contributed by atoms with van der Waals surface area (Å²) in [4.78, 5) is 11.7. The van der Waals surface area contributed by atoms with Crippen LogP contribution in [0.2, 0.25) is 0 Å². The minimum absolute atomic E-state index is 0.658. The monoisotopic (exact) mass is 312 g/mol. The topological polar surface area (TPSA) is 41.1 Å². The fraction of sp³-hybridized carbons (Fsp3) is 0.350. The Bertz CT molecular complexity index is 648. The van der Waals surface area contributed by atoms with E-state index in [-0.39, 0.29) is 0 Å². The smallest absolute Gasteiger partial charge is 0.150 e. The summed E-state index contributed by atoms with van der Waals surface area (Å²) in [5.74, 6) is 0. The van der Waals surface area contributed by atoms with E-state index in [9.17, 15) is 4.79 Å². The number of carbonyl (C=O) groups excluding carboxylic acids is 1. The molecule has 3 nitrogen and oxygen atoms in total. The van der Waals surface area contributed by atoms with Crippen molar-refractivity contribution in [2.24, 2.45) is 0 Å². The molecule has 2 N–H and O–H groups in total. The third kappa shape index (κ3) is 5.44. The maximum Gasteiger partial charge on any atom is 0.150 e. The van der Waals surface area contributed by atoms with Gasteiger partial charge in [-0.15, -0.1) is 0 Å². The molecule has 0 amide bonds. The Morgan fingerprint density at radius 1 is 1.22 bits per heavy atom. The third-order valence-electron chi connectivity index (χ3n) is 3.56. The van der Waals surface area contributed by atoms with Gasteiger partial charge < -0.3 is 10.6 Å². The van der Waals surface area contributed by atoms with Crippen LogP contribution in [0.5, 0.6) is 0 Å². The van der Waals surface area contributed by atoms with Crippen LogP contribution >= 0.6 is 0 Å². The van der Waals surface area contributed by atoms with Gasteiger partial charge in [0.05, 0.1) is 0 Å². The molecule has 0 aromatic heterocycles. The maximum absolute atomic E-state index is 11.7. The SMILES string of the molecule is CC/C=C(\C)NC(/C=C(\C=O)c1cc(C)ccc1NC)=C(C)C. The van der Waals surface area contributed by atoms with Crippen LogP contribution in [0.1, 0.15) is 45.2 Å². The van der Waals surface area contributed by atoms with Gasteiger partial charge in [0.25, 0.3) is 0 Å². The van der Waals surface area contributed by atoms with E-state index >= 15 is 0 Å². The van der Waals surface area contributed by atoms with Gasteiger partial charge in [-0.2, -0.15) is 0 Å². The zero-order chi connectivity index (χ0) is 17.4. The van der Waals surface area contributed by atoms with Gasteiger partial charge in [0.2, 0.25) is 0 Å². The first-order valence-electron chi connectivity index (χ1n) is 7.99. The summed E-state index contributed by atoms with van der Waals surface area (Å²) in [5, 5.41) is 6.54. The lowest BCUT2D eigenvalue weighted by Gasteiger charge is -2.14. The molecule has 0 heterocycles. The summed E-state index contributed by atoms with van der Waals surface area (Å²) in [5.41, 5.74) is 6.82. The largest absolute Gasteiger partial charge is 0.388 e. The molecule has 0 aliphatic rings. The lowest BCUT2D eigenvalue weighted by Crippen LogP contribution is -2.11. The van der Waals surface area contributed by atoms with Crippen molar-refractivity contribution in [2.45, 2.75) is 41.0 Å². The molecule has 0 saturated carbocycles. The summed E-state index contributed by atoms with van der Waals surface area (Å²) in [7, 11) is 1.87. The van der Waals surface area contributed by atoms with E-state index in [0.717, 1.165) is 46.5 Å². The zero-order valence-corrected chi connectivity index (χ0v) is 15.1. The van der Waals surface area contributed by atoms with Crippen LogP contribution in [-0.4, -0.2) is 13.3 Å². The summed E-state index contributed by atoms with van der Waals surface area (Å²) in [6.45, 7) is 10.2. The molecule has 1 aromatic rings. The molecule has 0 aliphatic carbocycles. The lowest BCUT2D eigenvalue weighted by atomic mass is 10.0. The number of aryl methyl sites for hydroxylation is 1. The Morgan fingerprint density at radius 3 is 2.43 bits per heavy atom. The van der Waals surface area contributed by atoms with E-state index < -0.39 is 0 Å². The Kier molecular flexibility index (Phi) is 7.33. The third-order valence-corrected chi connectivity index (χ3v) is 3.56. The fourth-order valence-electron chi connectivity index (χ4n) is 2.32. The number of benzene rings is 1. The van der Waals surface area contributed by atoms with Gasteiger partial charge in [-0.05, 0) is 52.3 Å². The molecule has 3 heteroatoms. The lowest BCUT2D eigenvalue weighted by molar-refractivity contribution is -0.103. The van der Waals surface area contributed by atoms with Crippen LogP contribution < -0.4 is 10.6 Å². The van der Waals surface area contributed by atoms with Crippen molar-refractivity contribution in [1.82, 2.24) is 5.32 Å². The summed E-state index contributed by atoms with van der Waals surface area (Å²) >= 11 is 0.